The lowest BCUT2D eigenvalue weighted by Gasteiger charge is -2.29. The SMILES string of the molecule is O=C(CCc1ccsc1)NC1CCC(n2cc(-c3ccncn3)cn2)CC1. The molecule has 0 bridgehead atoms. The monoisotopic (exact) mass is 381 g/mol. The van der Waals surface area contributed by atoms with Gasteiger partial charge in [0.15, 0.2) is 0 Å². The second kappa shape index (κ2) is 8.43. The number of aromatic nitrogens is 4. The summed E-state index contributed by atoms with van der Waals surface area (Å²) < 4.78 is 2.05. The van der Waals surface area contributed by atoms with Crippen molar-refractivity contribution in [3.8, 4) is 11.3 Å². The molecule has 27 heavy (non-hydrogen) atoms. The molecule has 1 N–H and O–H groups in total. The Hall–Kier alpha value is -2.54. The standard InChI is InChI=1S/C20H23N5OS/c26-20(6-1-15-8-10-27-13-15)24-17-2-4-18(5-3-17)25-12-16(11-23-25)19-7-9-21-14-22-19/h7-14,17-18H,1-6H2,(H,24,26). The molecule has 1 aliphatic carbocycles. The highest BCUT2D eigenvalue weighted by Gasteiger charge is 2.24. The lowest BCUT2D eigenvalue weighted by molar-refractivity contribution is -0.122. The van der Waals surface area contributed by atoms with E-state index in [0.29, 0.717) is 12.5 Å². The lowest BCUT2D eigenvalue weighted by Crippen LogP contribution is -2.38. The van der Waals surface area contributed by atoms with E-state index in [-0.39, 0.29) is 11.9 Å². The van der Waals surface area contributed by atoms with Crippen LogP contribution in [0.3, 0.4) is 0 Å². The van der Waals surface area contributed by atoms with Crippen molar-refractivity contribution >= 4 is 17.2 Å². The van der Waals surface area contributed by atoms with Crippen LogP contribution in [0.15, 0.2) is 47.8 Å². The number of aryl methyl sites for hydroxylation is 1. The molecule has 1 saturated carbocycles. The summed E-state index contributed by atoms with van der Waals surface area (Å²) in [7, 11) is 0. The molecule has 0 unspecified atom stereocenters. The zero-order chi connectivity index (χ0) is 18.5. The molecular formula is C20H23N5OS. The molecule has 1 fully saturated rings. The lowest BCUT2D eigenvalue weighted by atomic mass is 9.91. The van der Waals surface area contributed by atoms with Gasteiger partial charge in [0.05, 0.1) is 17.9 Å². The van der Waals surface area contributed by atoms with Gasteiger partial charge in [-0.25, -0.2) is 9.97 Å². The van der Waals surface area contributed by atoms with Gasteiger partial charge < -0.3 is 5.32 Å². The maximum atomic E-state index is 12.2. The molecule has 3 heterocycles. The smallest absolute Gasteiger partial charge is 0.220 e. The van der Waals surface area contributed by atoms with E-state index in [4.69, 9.17) is 0 Å². The van der Waals surface area contributed by atoms with Crippen LogP contribution >= 0.6 is 11.3 Å². The highest BCUT2D eigenvalue weighted by molar-refractivity contribution is 7.07. The molecular weight excluding hydrogens is 358 g/mol. The number of rotatable bonds is 6. The molecule has 0 spiro atoms. The van der Waals surface area contributed by atoms with Crippen LogP contribution in [0.2, 0.25) is 0 Å². The van der Waals surface area contributed by atoms with Crippen LogP contribution in [-0.4, -0.2) is 31.7 Å². The first-order valence-corrected chi connectivity index (χ1v) is 10.3. The van der Waals surface area contributed by atoms with Crippen molar-refractivity contribution in [3.63, 3.8) is 0 Å². The number of thiophene rings is 1. The Morgan fingerprint density at radius 1 is 1.26 bits per heavy atom. The number of carbonyl (C=O) groups excluding carboxylic acids is 1. The van der Waals surface area contributed by atoms with Crippen LogP contribution in [0.4, 0.5) is 0 Å². The van der Waals surface area contributed by atoms with Gasteiger partial charge in [0.25, 0.3) is 0 Å². The normalized spacial score (nSPS) is 19.7. The van der Waals surface area contributed by atoms with E-state index in [2.05, 4.69) is 43.4 Å². The Balaban J connectivity index is 1.25. The second-order valence-corrected chi connectivity index (χ2v) is 7.79. The van der Waals surface area contributed by atoms with Gasteiger partial charge in [-0.3, -0.25) is 9.48 Å². The highest BCUT2D eigenvalue weighted by Crippen LogP contribution is 2.29. The zero-order valence-electron chi connectivity index (χ0n) is 15.1. The number of hydrogen-bond acceptors (Lipinski definition) is 5. The van der Waals surface area contributed by atoms with Gasteiger partial charge in [0.1, 0.15) is 6.33 Å². The van der Waals surface area contributed by atoms with Gasteiger partial charge >= 0.3 is 0 Å². The summed E-state index contributed by atoms with van der Waals surface area (Å²) in [6, 6.07) is 4.65. The summed E-state index contributed by atoms with van der Waals surface area (Å²) in [6.07, 6.45) is 12.7. The summed E-state index contributed by atoms with van der Waals surface area (Å²) in [5, 5.41) is 11.9. The predicted molar refractivity (Wildman–Crippen MR) is 105 cm³/mol. The topological polar surface area (TPSA) is 72.7 Å². The van der Waals surface area contributed by atoms with E-state index in [1.54, 1.807) is 23.9 Å². The summed E-state index contributed by atoms with van der Waals surface area (Å²) in [4.78, 5) is 20.4. The number of carbonyl (C=O) groups is 1. The van der Waals surface area contributed by atoms with E-state index in [1.807, 2.05) is 16.9 Å². The summed E-state index contributed by atoms with van der Waals surface area (Å²) in [5.41, 5.74) is 3.15. The predicted octanol–water partition coefficient (Wildman–Crippen LogP) is 3.63. The Labute approximate surface area is 162 Å². The molecule has 0 aliphatic heterocycles. The molecule has 3 aromatic heterocycles. The largest absolute Gasteiger partial charge is 0.353 e. The second-order valence-electron chi connectivity index (χ2n) is 7.01. The minimum Gasteiger partial charge on any atom is -0.353 e. The average molecular weight is 382 g/mol. The molecule has 3 aromatic rings. The van der Waals surface area contributed by atoms with Crippen LogP contribution in [-0.2, 0) is 11.2 Å². The maximum absolute atomic E-state index is 12.2. The first-order valence-electron chi connectivity index (χ1n) is 9.39. The highest BCUT2D eigenvalue weighted by atomic mass is 32.1. The zero-order valence-corrected chi connectivity index (χ0v) is 15.9. The van der Waals surface area contributed by atoms with Crippen molar-refractivity contribution in [2.45, 2.75) is 50.6 Å². The van der Waals surface area contributed by atoms with Crippen LogP contribution < -0.4 is 5.32 Å². The average Bonchev–Trinajstić information content (AvgIpc) is 3.40. The van der Waals surface area contributed by atoms with Gasteiger partial charge in [-0.05, 0) is 60.6 Å². The van der Waals surface area contributed by atoms with Gasteiger partial charge in [0.2, 0.25) is 5.91 Å². The van der Waals surface area contributed by atoms with E-state index < -0.39 is 0 Å². The third-order valence-electron chi connectivity index (χ3n) is 5.14. The molecule has 6 nitrogen and oxygen atoms in total. The Morgan fingerprint density at radius 2 is 2.15 bits per heavy atom. The first-order chi connectivity index (χ1) is 13.3. The van der Waals surface area contributed by atoms with Crippen molar-refractivity contribution in [1.29, 1.82) is 0 Å². The number of hydrogen-bond donors (Lipinski definition) is 1. The Bertz CT molecular complexity index is 854. The van der Waals surface area contributed by atoms with Gasteiger partial charge in [-0.1, -0.05) is 0 Å². The van der Waals surface area contributed by atoms with Crippen LogP contribution in [0, 0.1) is 0 Å². The fourth-order valence-electron chi connectivity index (χ4n) is 3.61. The molecule has 140 valence electrons. The molecule has 0 saturated heterocycles. The van der Waals surface area contributed by atoms with Crippen molar-refractivity contribution in [2.75, 3.05) is 0 Å². The van der Waals surface area contributed by atoms with Crippen molar-refractivity contribution < 1.29 is 4.79 Å². The van der Waals surface area contributed by atoms with Gasteiger partial charge in [0, 0.05) is 30.4 Å². The molecule has 1 aliphatic rings. The van der Waals surface area contributed by atoms with Crippen LogP contribution in [0.1, 0.15) is 43.7 Å². The number of nitrogens with zero attached hydrogens (tertiary/aromatic N) is 4. The maximum Gasteiger partial charge on any atom is 0.220 e. The van der Waals surface area contributed by atoms with Gasteiger partial charge in [-0.2, -0.15) is 16.4 Å². The quantitative estimate of drug-likeness (QED) is 0.708. The molecule has 0 atom stereocenters. The molecule has 0 radical (unpaired) electrons. The summed E-state index contributed by atoms with van der Waals surface area (Å²) in [5.74, 6) is 0.162. The molecule has 1 amide bonds. The fourth-order valence-corrected chi connectivity index (χ4v) is 4.31. The number of nitrogens with one attached hydrogen (secondary N) is 1. The minimum absolute atomic E-state index is 0.162. The van der Waals surface area contributed by atoms with E-state index in [0.717, 1.165) is 43.4 Å². The van der Waals surface area contributed by atoms with E-state index in [9.17, 15) is 4.79 Å². The van der Waals surface area contributed by atoms with E-state index >= 15 is 0 Å². The van der Waals surface area contributed by atoms with E-state index in [1.165, 1.54) is 5.56 Å². The first kappa shape index (κ1) is 17.9. The minimum atomic E-state index is 0.162. The summed E-state index contributed by atoms with van der Waals surface area (Å²) in [6.45, 7) is 0. The summed E-state index contributed by atoms with van der Waals surface area (Å²) >= 11 is 1.68. The van der Waals surface area contributed by atoms with Crippen LogP contribution in [0.5, 0.6) is 0 Å². The van der Waals surface area contributed by atoms with Crippen molar-refractivity contribution in [2.24, 2.45) is 0 Å². The molecule has 4 rings (SSSR count). The fraction of sp³-hybridized carbons (Fsp3) is 0.400. The Morgan fingerprint density at radius 3 is 2.89 bits per heavy atom. The van der Waals surface area contributed by atoms with Crippen LogP contribution in [0.25, 0.3) is 11.3 Å². The molecule has 0 aromatic carbocycles. The Kier molecular flexibility index (Phi) is 5.58. The number of amides is 1. The van der Waals surface area contributed by atoms with Gasteiger partial charge in [-0.15, -0.1) is 0 Å². The third-order valence-corrected chi connectivity index (χ3v) is 5.87. The third kappa shape index (κ3) is 4.60. The van der Waals surface area contributed by atoms with Crippen molar-refractivity contribution in [1.82, 2.24) is 25.1 Å². The molecule has 7 heteroatoms. The van der Waals surface area contributed by atoms with Crippen molar-refractivity contribution in [3.05, 3.63) is 53.4 Å².